The van der Waals surface area contributed by atoms with Crippen molar-refractivity contribution in [2.24, 2.45) is 0 Å². The van der Waals surface area contributed by atoms with Gasteiger partial charge < -0.3 is 5.32 Å². The summed E-state index contributed by atoms with van der Waals surface area (Å²) in [5, 5.41) is 4.23. The number of fused-ring (bicyclic) bond motifs is 1. The molecule has 3 aromatic rings. The van der Waals surface area contributed by atoms with Crippen LogP contribution < -0.4 is 5.32 Å². The minimum absolute atomic E-state index is 0.0939. The van der Waals surface area contributed by atoms with E-state index in [1.54, 1.807) is 11.3 Å². The maximum Gasteiger partial charge on any atom is 0.230 e. The van der Waals surface area contributed by atoms with Crippen LogP contribution in [0.3, 0.4) is 0 Å². The molecule has 5 rings (SSSR count). The van der Waals surface area contributed by atoms with E-state index in [0.29, 0.717) is 25.4 Å². The van der Waals surface area contributed by atoms with E-state index in [-0.39, 0.29) is 11.8 Å². The number of piperazine rings is 1. The molecule has 6 nitrogen and oxygen atoms in total. The predicted molar refractivity (Wildman–Crippen MR) is 132 cm³/mol. The summed E-state index contributed by atoms with van der Waals surface area (Å²) >= 11 is 8.12. The molecular formula is C25H27ClN4O2S. The number of nitrogens with zero attached hydrogens (tertiary/aromatic N) is 3. The lowest BCUT2D eigenvalue weighted by Gasteiger charge is -2.33. The number of hydrogen-bond acceptors (Lipinski definition) is 6. The highest BCUT2D eigenvalue weighted by atomic mass is 35.5. The van der Waals surface area contributed by atoms with Gasteiger partial charge in [-0.05, 0) is 54.8 Å². The lowest BCUT2D eigenvalue weighted by molar-refractivity contribution is -0.138. The fourth-order valence-electron chi connectivity index (χ4n) is 4.84. The van der Waals surface area contributed by atoms with Crippen LogP contribution in [-0.2, 0) is 22.7 Å². The first-order chi connectivity index (χ1) is 15.9. The topological polar surface area (TPSA) is 65.5 Å². The van der Waals surface area contributed by atoms with E-state index in [0.717, 1.165) is 57.4 Å². The monoisotopic (exact) mass is 482 g/mol. The molecule has 2 saturated heterocycles. The molecular weight excluding hydrogens is 456 g/mol. The van der Waals surface area contributed by atoms with Crippen LogP contribution in [0, 0.1) is 6.92 Å². The Kier molecular flexibility index (Phi) is 6.22. The number of aryl methyl sites for hydroxylation is 1. The predicted octanol–water partition coefficient (Wildman–Crippen LogP) is 4.37. The third kappa shape index (κ3) is 4.55. The Morgan fingerprint density at radius 2 is 1.94 bits per heavy atom. The van der Waals surface area contributed by atoms with Gasteiger partial charge in [-0.15, -0.1) is 11.3 Å². The number of imide groups is 1. The minimum atomic E-state index is -0.0939. The molecule has 8 heteroatoms. The summed E-state index contributed by atoms with van der Waals surface area (Å²) in [6, 6.07) is 8.60. The van der Waals surface area contributed by atoms with Crippen LogP contribution in [0.1, 0.15) is 35.8 Å². The number of nitrogens with one attached hydrogen (secondary N) is 1. The van der Waals surface area contributed by atoms with E-state index in [1.807, 2.05) is 24.4 Å². The summed E-state index contributed by atoms with van der Waals surface area (Å²) in [7, 11) is 0. The van der Waals surface area contributed by atoms with Crippen molar-refractivity contribution in [2.45, 2.75) is 45.8 Å². The van der Waals surface area contributed by atoms with E-state index in [9.17, 15) is 9.59 Å². The maximum absolute atomic E-state index is 12.1. The number of hydrogen-bond donors (Lipinski definition) is 1. The van der Waals surface area contributed by atoms with Crippen molar-refractivity contribution in [3.05, 3.63) is 51.5 Å². The van der Waals surface area contributed by atoms with Gasteiger partial charge in [0.25, 0.3) is 0 Å². The van der Waals surface area contributed by atoms with Crippen LogP contribution in [0.5, 0.6) is 0 Å². The molecule has 2 aliphatic heterocycles. The Morgan fingerprint density at radius 3 is 2.70 bits per heavy atom. The van der Waals surface area contributed by atoms with Crippen molar-refractivity contribution in [3.8, 4) is 11.1 Å². The molecule has 1 aromatic carbocycles. The molecule has 2 fully saturated rings. The normalized spacial score (nSPS) is 19.7. The highest BCUT2D eigenvalue weighted by Gasteiger charge is 2.29. The lowest BCUT2D eigenvalue weighted by atomic mass is 9.95. The standard InChI is InChI=1S/C25H27ClN4O2S/c1-15-9-17(26)10-20(21(15)14-29-8-7-27-16(2)12-29)19-5-6-28-22-11-18(33-25(19)22)13-30-23(31)3-4-24(30)32/h5-6,9-11,16,27H,3-4,7-8,12-14H2,1-2H3. The van der Waals surface area contributed by atoms with E-state index < -0.39 is 0 Å². The zero-order chi connectivity index (χ0) is 23.1. The molecule has 0 saturated carbocycles. The van der Waals surface area contributed by atoms with Gasteiger partial charge in [0.1, 0.15) is 0 Å². The molecule has 1 unspecified atom stereocenters. The Balaban J connectivity index is 1.54. The van der Waals surface area contributed by atoms with Crippen LogP contribution in [-0.4, -0.2) is 52.3 Å². The van der Waals surface area contributed by atoms with Crippen LogP contribution in [0.15, 0.2) is 30.5 Å². The quantitative estimate of drug-likeness (QED) is 0.547. The number of halogens is 1. The molecule has 33 heavy (non-hydrogen) atoms. The maximum atomic E-state index is 12.1. The van der Waals surface area contributed by atoms with Gasteiger partial charge in [0, 0.05) is 66.7 Å². The van der Waals surface area contributed by atoms with Crippen molar-refractivity contribution < 1.29 is 9.59 Å². The third-order valence-electron chi connectivity index (χ3n) is 6.49. The smallest absolute Gasteiger partial charge is 0.230 e. The second kappa shape index (κ2) is 9.14. The number of aromatic nitrogens is 1. The van der Waals surface area contributed by atoms with Crippen LogP contribution >= 0.6 is 22.9 Å². The van der Waals surface area contributed by atoms with Crippen LogP contribution in [0.25, 0.3) is 21.3 Å². The van der Waals surface area contributed by atoms with E-state index in [2.05, 4.69) is 35.1 Å². The van der Waals surface area contributed by atoms with E-state index in [1.165, 1.54) is 16.0 Å². The molecule has 2 aromatic heterocycles. The zero-order valence-corrected chi connectivity index (χ0v) is 20.4. The van der Waals surface area contributed by atoms with Crippen molar-refractivity contribution in [2.75, 3.05) is 19.6 Å². The Bertz CT molecular complexity index is 1220. The molecule has 2 amide bonds. The molecule has 1 N–H and O–H groups in total. The average molecular weight is 483 g/mol. The Morgan fingerprint density at radius 1 is 1.15 bits per heavy atom. The molecule has 172 valence electrons. The largest absolute Gasteiger partial charge is 0.312 e. The summed E-state index contributed by atoms with van der Waals surface area (Å²) in [5.41, 5.74) is 5.56. The number of pyridine rings is 1. The Labute approximate surface area is 202 Å². The molecule has 0 radical (unpaired) electrons. The highest BCUT2D eigenvalue weighted by molar-refractivity contribution is 7.19. The fourth-order valence-corrected chi connectivity index (χ4v) is 6.24. The van der Waals surface area contributed by atoms with Gasteiger partial charge in [-0.3, -0.25) is 24.4 Å². The van der Waals surface area contributed by atoms with E-state index in [4.69, 9.17) is 11.6 Å². The number of carbonyl (C=O) groups excluding carboxylic acids is 2. The van der Waals surface area contributed by atoms with Crippen molar-refractivity contribution in [1.82, 2.24) is 20.1 Å². The number of benzene rings is 1. The Hall–Kier alpha value is -2.32. The molecule has 2 aliphatic rings. The summed E-state index contributed by atoms with van der Waals surface area (Å²) in [4.78, 5) is 33.6. The number of carbonyl (C=O) groups is 2. The van der Waals surface area contributed by atoms with Gasteiger partial charge >= 0.3 is 0 Å². The first-order valence-corrected chi connectivity index (χ1v) is 12.5. The van der Waals surface area contributed by atoms with Gasteiger partial charge in [-0.1, -0.05) is 11.6 Å². The summed E-state index contributed by atoms with van der Waals surface area (Å²) in [6.07, 6.45) is 2.44. The molecule has 1 atom stereocenters. The van der Waals surface area contributed by atoms with Crippen LogP contribution in [0.4, 0.5) is 0 Å². The minimum Gasteiger partial charge on any atom is -0.312 e. The second-order valence-corrected chi connectivity index (χ2v) is 10.6. The van der Waals surface area contributed by atoms with Crippen LogP contribution in [0.2, 0.25) is 5.02 Å². The van der Waals surface area contributed by atoms with Gasteiger partial charge in [0.15, 0.2) is 0 Å². The van der Waals surface area contributed by atoms with Crippen molar-refractivity contribution in [3.63, 3.8) is 0 Å². The SMILES string of the molecule is Cc1cc(Cl)cc(-c2ccnc3cc(CN4C(=O)CCC4=O)sc23)c1CN1CCNC(C)C1. The fraction of sp³-hybridized carbons (Fsp3) is 0.400. The van der Waals surface area contributed by atoms with Gasteiger partial charge in [-0.2, -0.15) is 0 Å². The summed E-state index contributed by atoms with van der Waals surface area (Å²) < 4.78 is 1.06. The first-order valence-electron chi connectivity index (χ1n) is 11.3. The molecule has 0 bridgehead atoms. The average Bonchev–Trinajstić information content (AvgIpc) is 3.33. The number of likely N-dealkylation sites (tertiary alicyclic amines) is 1. The highest BCUT2D eigenvalue weighted by Crippen LogP contribution is 2.38. The molecule has 0 aliphatic carbocycles. The van der Waals surface area contributed by atoms with Gasteiger partial charge in [-0.25, -0.2) is 0 Å². The summed E-state index contributed by atoms with van der Waals surface area (Å²) in [5.74, 6) is -0.188. The van der Waals surface area contributed by atoms with Gasteiger partial charge in [0.2, 0.25) is 11.8 Å². The summed E-state index contributed by atoms with van der Waals surface area (Å²) in [6.45, 7) is 8.54. The van der Waals surface area contributed by atoms with Gasteiger partial charge in [0.05, 0.1) is 16.8 Å². The van der Waals surface area contributed by atoms with E-state index >= 15 is 0 Å². The number of rotatable bonds is 5. The second-order valence-electron chi connectivity index (χ2n) is 9.00. The first kappa shape index (κ1) is 22.5. The number of thiophene rings is 1. The number of amides is 2. The zero-order valence-electron chi connectivity index (χ0n) is 18.9. The third-order valence-corrected chi connectivity index (χ3v) is 7.85. The van der Waals surface area contributed by atoms with Crippen molar-refractivity contribution >= 4 is 45.0 Å². The van der Waals surface area contributed by atoms with Crippen molar-refractivity contribution in [1.29, 1.82) is 0 Å². The lowest BCUT2D eigenvalue weighted by Crippen LogP contribution is -2.48. The molecule has 0 spiro atoms. The molecule has 4 heterocycles.